The van der Waals surface area contributed by atoms with Crippen molar-refractivity contribution < 1.29 is 4.79 Å². The third kappa shape index (κ3) is 2.58. The van der Waals surface area contributed by atoms with Crippen molar-refractivity contribution >= 4 is 5.91 Å². The molecule has 0 aliphatic heterocycles. The van der Waals surface area contributed by atoms with Crippen molar-refractivity contribution in [3.8, 4) is 0 Å². The van der Waals surface area contributed by atoms with E-state index in [0.29, 0.717) is 0 Å². The summed E-state index contributed by atoms with van der Waals surface area (Å²) in [6.45, 7) is 7.16. The molecular formula is C16H23NO. The van der Waals surface area contributed by atoms with Gasteiger partial charge in [0.15, 0.2) is 0 Å². The lowest BCUT2D eigenvalue weighted by Crippen LogP contribution is -2.50. The minimum Gasteiger partial charge on any atom is -0.355 e. The number of carbonyl (C=O) groups excluding carboxylic acids is 1. The minimum atomic E-state index is -0.257. The fourth-order valence-corrected chi connectivity index (χ4v) is 2.45. The van der Waals surface area contributed by atoms with Crippen LogP contribution >= 0.6 is 0 Å². The van der Waals surface area contributed by atoms with Crippen LogP contribution in [0, 0.1) is 5.41 Å². The standard InChI is InChI=1S/C16H23NO/c1-15(2,3)12-17-14(18)16(10-7-11-16)13-8-5-4-6-9-13/h4-6,8-9H,7,10-12H2,1-3H3,(H,17,18). The molecule has 18 heavy (non-hydrogen) atoms. The molecule has 1 saturated carbocycles. The zero-order valence-corrected chi connectivity index (χ0v) is 11.6. The maximum atomic E-state index is 12.5. The fourth-order valence-electron chi connectivity index (χ4n) is 2.45. The summed E-state index contributed by atoms with van der Waals surface area (Å²) in [4.78, 5) is 12.5. The Morgan fingerprint density at radius 3 is 2.28 bits per heavy atom. The molecule has 98 valence electrons. The van der Waals surface area contributed by atoms with E-state index >= 15 is 0 Å². The van der Waals surface area contributed by atoms with Crippen LogP contribution < -0.4 is 5.32 Å². The van der Waals surface area contributed by atoms with Gasteiger partial charge in [0.2, 0.25) is 5.91 Å². The molecule has 0 spiro atoms. The van der Waals surface area contributed by atoms with Gasteiger partial charge in [-0.25, -0.2) is 0 Å². The summed E-state index contributed by atoms with van der Waals surface area (Å²) in [6.07, 6.45) is 3.11. The Morgan fingerprint density at radius 1 is 1.22 bits per heavy atom. The van der Waals surface area contributed by atoms with Gasteiger partial charge in [0, 0.05) is 6.54 Å². The molecule has 1 amide bonds. The Bertz CT molecular complexity index is 412. The molecule has 1 aromatic carbocycles. The highest BCUT2D eigenvalue weighted by Crippen LogP contribution is 2.43. The van der Waals surface area contributed by atoms with E-state index in [9.17, 15) is 4.79 Å². The largest absolute Gasteiger partial charge is 0.355 e. The smallest absolute Gasteiger partial charge is 0.230 e. The predicted molar refractivity (Wildman–Crippen MR) is 74.4 cm³/mol. The van der Waals surface area contributed by atoms with Gasteiger partial charge < -0.3 is 5.32 Å². The van der Waals surface area contributed by atoms with Gasteiger partial charge in [0.05, 0.1) is 5.41 Å². The molecule has 0 unspecified atom stereocenters. The third-order valence-electron chi connectivity index (χ3n) is 3.75. The van der Waals surface area contributed by atoms with E-state index in [1.165, 1.54) is 5.56 Å². The van der Waals surface area contributed by atoms with Crippen molar-refractivity contribution in [3.63, 3.8) is 0 Å². The number of hydrogen-bond acceptors (Lipinski definition) is 1. The van der Waals surface area contributed by atoms with Crippen molar-refractivity contribution in [2.75, 3.05) is 6.54 Å². The van der Waals surface area contributed by atoms with Crippen molar-refractivity contribution in [2.45, 2.75) is 45.4 Å². The molecule has 1 fully saturated rings. The maximum Gasteiger partial charge on any atom is 0.230 e. The number of hydrogen-bond donors (Lipinski definition) is 1. The molecule has 2 heteroatoms. The molecule has 0 saturated heterocycles. The number of amides is 1. The van der Waals surface area contributed by atoms with E-state index in [0.717, 1.165) is 25.8 Å². The average molecular weight is 245 g/mol. The summed E-state index contributed by atoms with van der Waals surface area (Å²) >= 11 is 0. The highest BCUT2D eigenvalue weighted by molar-refractivity contribution is 5.89. The minimum absolute atomic E-state index is 0.136. The summed E-state index contributed by atoms with van der Waals surface area (Å²) in [5, 5.41) is 3.12. The summed E-state index contributed by atoms with van der Waals surface area (Å²) < 4.78 is 0. The molecule has 1 N–H and O–H groups in total. The highest BCUT2D eigenvalue weighted by Gasteiger charge is 2.45. The van der Waals surface area contributed by atoms with Gasteiger partial charge in [-0.1, -0.05) is 57.5 Å². The van der Waals surface area contributed by atoms with Gasteiger partial charge in [-0.2, -0.15) is 0 Å². The van der Waals surface area contributed by atoms with Crippen molar-refractivity contribution in [3.05, 3.63) is 35.9 Å². The van der Waals surface area contributed by atoms with Gasteiger partial charge in [-0.3, -0.25) is 4.79 Å². The summed E-state index contributed by atoms with van der Waals surface area (Å²) in [6, 6.07) is 10.2. The molecule has 0 heterocycles. The number of carbonyl (C=O) groups is 1. The monoisotopic (exact) mass is 245 g/mol. The molecule has 0 atom stereocenters. The first-order valence-electron chi connectivity index (χ1n) is 6.78. The average Bonchev–Trinajstić information content (AvgIpc) is 2.25. The van der Waals surface area contributed by atoms with Crippen LogP contribution in [-0.2, 0) is 10.2 Å². The van der Waals surface area contributed by atoms with Crippen LogP contribution in [0.25, 0.3) is 0 Å². The summed E-state index contributed by atoms with van der Waals surface area (Å²) in [7, 11) is 0. The van der Waals surface area contributed by atoms with E-state index < -0.39 is 0 Å². The molecule has 1 aromatic rings. The van der Waals surface area contributed by atoms with Crippen LogP contribution in [0.1, 0.15) is 45.6 Å². The Hall–Kier alpha value is -1.31. The molecule has 0 aromatic heterocycles. The second kappa shape index (κ2) is 4.75. The Labute approximate surface area is 110 Å². The van der Waals surface area contributed by atoms with E-state index in [4.69, 9.17) is 0 Å². The zero-order valence-electron chi connectivity index (χ0n) is 11.6. The zero-order chi connectivity index (χ0) is 13.2. The van der Waals surface area contributed by atoms with Crippen LogP contribution in [0.2, 0.25) is 0 Å². The summed E-state index contributed by atoms with van der Waals surface area (Å²) in [5.74, 6) is 0.204. The number of nitrogens with one attached hydrogen (secondary N) is 1. The quantitative estimate of drug-likeness (QED) is 0.870. The number of benzene rings is 1. The molecule has 0 bridgehead atoms. The van der Waals surface area contributed by atoms with Crippen LogP contribution in [-0.4, -0.2) is 12.5 Å². The first-order valence-corrected chi connectivity index (χ1v) is 6.78. The maximum absolute atomic E-state index is 12.5. The topological polar surface area (TPSA) is 29.1 Å². The van der Waals surface area contributed by atoms with Crippen molar-refractivity contribution in [1.29, 1.82) is 0 Å². The van der Waals surface area contributed by atoms with Gasteiger partial charge in [0.1, 0.15) is 0 Å². The van der Waals surface area contributed by atoms with E-state index in [1.807, 2.05) is 18.2 Å². The molecular weight excluding hydrogens is 222 g/mol. The van der Waals surface area contributed by atoms with E-state index in [1.54, 1.807) is 0 Å². The predicted octanol–water partition coefficient (Wildman–Crippen LogP) is 3.27. The molecule has 1 aliphatic rings. The first kappa shape index (κ1) is 13.1. The lowest BCUT2D eigenvalue weighted by Gasteiger charge is -2.41. The lowest BCUT2D eigenvalue weighted by molar-refractivity contribution is -0.130. The van der Waals surface area contributed by atoms with Crippen LogP contribution in [0.4, 0.5) is 0 Å². The van der Waals surface area contributed by atoms with E-state index in [2.05, 4.69) is 38.2 Å². The highest BCUT2D eigenvalue weighted by atomic mass is 16.2. The lowest BCUT2D eigenvalue weighted by atomic mass is 9.63. The number of rotatable bonds is 3. The van der Waals surface area contributed by atoms with Crippen LogP contribution in [0.5, 0.6) is 0 Å². The normalized spacial score (nSPS) is 17.9. The van der Waals surface area contributed by atoms with Crippen LogP contribution in [0.3, 0.4) is 0 Å². The van der Waals surface area contributed by atoms with Gasteiger partial charge in [0.25, 0.3) is 0 Å². The first-order chi connectivity index (χ1) is 8.44. The Kier molecular flexibility index (Phi) is 3.47. The fraction of sp³-hybridized carbons (Fsp3) is 0.562. The van der Waals surface area contributed by atoms with Gasteiger partial charge >= 0.3 is 0 Å². The molecule has 0 radical (unpaired) electrons. The van der Waals surface area contributed by atoms with Crippen LogP contribution in [0.15, 0.2) is 30.3 Å². The summed E-state index contributed by atoms with van der Waals surface area (Å²) in [5.41, 5.74) is 1.05. The molecule has 1 aliphatic carbocycles. The van der Waals surface area contributed by atoms with Gasteiger partial charge in [-0.05, 0) is 23.8 Å². The van der Waals surface area contributed by atoms with Gasteiger partial charge in [-0.15, -0.1) is 0 Å². The Balaban J connectivity index is 2.11. The Morgan fingerprint density at radius 2 is 1.83 bits per heavy atom. The van der Waals surface area contributed by atoms with Crippen molar-refractivity contribution in [2.24, 2.45) is 5.41 Å². The SMILES string of the molecule is CC(C)(C)CNC(=O)C1(c2ccccc2)CCC1. The second-order valence-corrected chi connectivity index (χ2v) is 6.55. The molecule has 2 rings (SSSR count). The second-order valence-electron chi connectivity index (χ2n) is 6.55. The van der Waals surface area contributed by atoms with Crippen molar-refractivity contribution in [1.82, 2.24) is 5.32 Å². The van der Waals surface area contributed by atoms with E-state index in [-0.39, 0.29) is 16.7 Å². The third-order valence-corrected chi connectivity index (χ3v) is 3.75. The molecule has 2 nitrogen and oxygen atoms in total.